The topological polar surface area (TPSA) is 94.2 Å². The Labute approximate surface area is 164 Å². The predicted octanol–water partition coefficient (Wildman–Crippen LogP) is 1.98. The minimum Gasteiger partial charge on any atom is -0.496 e. The van der Waals surface area contributed by atoms with Crippen LogP contribution < -0.4 is 14.8 Å². The number of rotatable bonds is 6. The van der Waals surface area contributed by atoms with E-state index in [0.717, 1.165) is 0 Å². The van der Waals surface area contributed by atoms with Gasteiger partial charge >= 0.3 is 0 Å². The van der Waals surface area contributed by atoms with E-state index in [1.807, 2.05) is 0 Å². The van der Waals surface area contributed by atoms with Crippen molar-refractivity contribution in [1.82, 2.24) is 4.31 Å². The normalized spacial score (nSPS) is 15.1. The van der Waals surface area contributed by atoms with Gasteiger partial charge in [0.15, 0.2) is 0 Å². The summed E-state index contributed by atoms with van der Waals surface area (Å²) in [7, 11) is -0.813. The highest BCUT2D eigenvalue weighted by Crippen LogP contribution is 2.28. The fourth-order valence-corrected chi connectivity index (χ4v) is 4.33. The molecule has 150 valence electrons. The Morgan fingerprint density at radius 3 is 2.39 bits per heavy atom. The van der Waals surface area contributed by atoms with E-state index in [9.17, 15) is 13.2 Å². The number of nitrogens with zero attached hydrogens (tertiary/aromatic N) is 1. The van der Waals surface area contributed by atoms with Crippen LogP contribution in [0.4, 0.5) is 5.69 Å². The third kappa shape index (κ3) is 4.11. The number of nitrogens with one attached hydrogen (secondary N) is 1. The summed E-state index contributed by atoms with van der Waals surface area (Å²) in [6, 6.07) is 11.2. The van der Waals surface area contributed by atoms with Gasteiger partial charge < -0.3 is 19.5 Å². The fraction of sp³-hybridized carbons (Fsp3) is 0.316. The van der Waals surface area contributed by atoms with Gasteiger partial charge in [0, 0.05) is 13.1 Å². The number of hydrogen-bond donors (Lipinski definition) is 1. The zero-order valence-corrected chi connectivity index (χ0v) is 16.5. The molecule has 0 aromatic heterocycles. The van der Waals surface area contributed by atoms with Crippen molar-refractivity contribution in [3.05, 3.63) is 48.0 Å². The molecule has 0 radical (unpaired) electrons. The van der Waals surface area contributed by atoms with E-state index in [0.29, 0.717) is 24.7 Å². The number of morpholine rings is 1. The molecule has 0 atom stereocenters. The van der Waals surface area contributed by atoms with Crippen LogP contribution in [0.15, 0.2) is 47.4 Å². The van der Waals surface area contributed by atoms with Crippen molar-refractivity contribution in [3.8, 4) is 11.5 Å². The van der Waals surface area contributed by atoms with Crippen LogP contribution in [-0.2, 0) is 14.8 Å². The lowest BCUT2D eigenvalue weighted by Crippen LogP contribution is -2.40. The highest BCUT2D eigenvalue weighted by molar-refractivity contribution is 7.89. The number of sulfonamides is 1. The summed E-state index contributed by atoms with van der Waals surface area (Å²) in [6.45, 7) is 1.24. The molecule has 2 aromatic carbocycles. The van der Waals surface area contributed by atoms with Crippen molar-refractivity contribution in [3.63, 3.8) is 0 Å². The largest absolute Gasteiger partial charge is 0.496 e. The molecule has 8 nitrogen and oxygen atoms in total. The number of carbonyl (C=O) groups is 1. The lowest BCUT2D eigenvalue weighted by atomic mass is 10.1. The highest BCUT2D eigenvalue weighted by Gasteiger charge is 2.28. The van der Waals surface area contributed by atoms with Crippen molar-refractivity contribution >= 4 is 21.6 Å². The lowest BCUT2D eigenvalue weighted by molar-refractivity contribution is 0.0730. The molecular weight excluding hydrogens is 384 g/mol. The third-order valence-electron chi connectivity index (χ3n) is 4.38. The summed E-state index contributed by atoms with van der Waals surface area (Å²) in [6.07, 6.45) is 0. The average Bonchev–Trinajstić information content (AvgIpc) is 2.74. The van der Waals surface area contributed by atoms with Crippen LogP contribution in [0.3, 0.4) is 0 Å². The number of carbonyl (C=O) groups excluding carboxylic acids is 1. The zero-order chi connectivity index (χ0) is 20.1. The highest BCUT2D eigenvalue weighted by atomic mass is 32.2. The average molecular weight is 406 g/mol. The first-order valence-corrected chi connectivity index (χ1v) is 10.1. The maximum absolute atomic E-state index is 12.9. The minimum atomic E-state index is -3.74. The Morgan fingerprint density at radius 1 is 1.04 bits per heavy atom. The molecule has 0 saturated carbocycles. The SMILES string of the molecule is COc1ccccc1NC(=O)c1cc(S(=O)(=O)N2CCOCC2)ccc1OC. The van der Waals surface area contributed by atoms with E-state index in [1.54, 1.807) is 24.3 Å². The molecule has 1 amide bonds. The number of benzene rings is 2. The molecule has 1 heterocycles. The number of hydrogen-bond acceptors (Lipinski definition) is 6. The number of ether oxygens (including phenoxy) is 3. The number of amides is 1. The fourth-order valence-electron chi connectivity index (χ4n) is 2.90. The standard InChI is InChI=1S/C19H22N2O6S/c1-25-17-8-7-14(28(23,24)21-9-11-27-12-10-21)13-15(17)19(22)20-16-5-3-4-6-18(16)26-2/h3-8,13H,9-12H2,1-2H3,(H,20,22). The first-order chi connectivity index (χ1) is 13.5. The Morgan fingerprint density at radius 2 is 1.71 bits per heavy atom. The van der Waals surface area contributed by atoms with E-state index in [1.165, 1.54) is 36.7 Å². The van der Waals surface area contributed by atoms with Crippen LogP contribution in [0, 0.1) is 0 Å². The number of anilines is 1. The molecule has 9 heteroatoms. The lowest BCUT2D eigenvalue weighted by Gasteiger charge is -2.26. The van der Waals surface area contributed by atoms with E-state index in [2.05, 4.69) is 5.32 Å². The van der Waals surface area contributed by atoms with E-state index < -0.39 is 15.9 Å². The van der Waals surface area contributed by atoms with Crippen LogP contribution in [0.2, 0.25) is 0 Å². The Balaban J connectivity index is 1.93. The van der Waals surface area contributed by atoms with Crippen molar-refractivity contribution < 1.29 is 27.4 Å². The second-order valence-corrected chi connectivity index (χ2v) is 7.97. The molecule has 1 N–H and O–H groups in total. The van der Waals surface area contributed by atoms with Crippen LogP contribution in [0.25, 0.3) is 0 Å². The van der Waals surface area contributed by atoms with Gasteiger partial charge in [0.1, 0.15) is 11.5 Å². The summed E-state index contributed by atoms with van der Waals surface area (Å²) in [4.78, 5) is 12.9. The Bertz CT molecular complexity index is 955. The maximum Gasteiger partial charge on any atom is 0.259 e. The van der Waals surface area contributed by atoms with Crippen molar-refractivity contribution in [2.45, 2.75) is 4.90 Å². The van der Waals surface area contributed by atoms with Gasteiger partial charge in [-0.15, -0.1) is 0 Å². The summed E-state index contributed by atoms with van der Waals surface area (Å²) in [5.74, 6) is 0.264. The van der Waals surface area contributed by atoms with Gasteiger partial charge in [-0.05, 0) is 30.3 Å². The van der Waals surface area contributed by atoms with Crippen LogP contribution >= 0.6 is 0 Å². The Hall–Kier alpha value is -2.62. The molecule has 2 aromatic rings. The first-order valence-electron chi connectivity index (χ1n) is 8.67. The van der Waals surface area contributed by atoms with Gasteiger partial charge in [-0.3, -0.25) is 4.79 Å². The second-order valence-electron chi connectivity index (χ2n) is 6.03. The van der Waals surface area contributed by atoms with Gasteiger partial charge in [-0.25, -0.2) is 8.42 Å². The van der Waals surface area contributed by atoms with Gasteiger partial charge in [-0.2, -0.15) is 4.31 Å². The quantitative estimate of drug-likeness (QED) is 0.788. The van der Waals surface area contributed by atoms with Crippen molar-refractivity contribution in [2.75, 3.05) is 45.8 Å². The predicted molar refractivity (Wildman–Crippen MR) is 104 cm³/mol. The molecule has 28 heavy (non-hydrogen) atoms. The number of methoxy groups -OCH3 is 2. The van der Waals surface area contributed by atoms with Gasteiger partial charge in [0.25, 0.3) is 5.91 Å². The Kier molecular flexibility index (Phi) is 6.18. The van der Waals surface area contributed by atoms with Crippen LogP contribution in [0.5, 0.6) is 11.5 Å². The molecule has 3 rings (SSSR count). The summed E-state index contributed by atoms with van der Waals surface area (Å²) in [5.41, 5.74) is 0.584. The second kappa shape index (κ2) is 8.59. The van der Waals surface area contributed by atoms with Crippen LogP contribution in [0.1, 0.15) is 10.4 Å². The van der Waals surface area contributed by atoms with Crippen molar-refractivity contribution in [1.29, 1.82) is 0 Å². The van der Waals surface area contributed by atoms with E-state index in [-0.39, 0.29) is 29.3 Å². The van der Waals surface area contributed by atoms with Gasteiger partial charge in [0.05, 0.1) is 43.6 Å². The molecular formula is C19H22N2O6S. The molecule has 0 unspecified atom stereocenters. The monoisotopic (exact) mass is 406 g/mol. The number of para-hydroxylation sites is 2. The molecule has 0 spiro atoms. The minimum absolute atomic E-state index is 0.0281. The molecule has 1 fully saturated rings. The smallest absolute Gasteiger partial charge is 0.259 e. The van der Waals surface area contributed by atoms with Gasteiger partial charge in [0.2, 0.25) is 10.0 Å². The van der Waals surface area contributed by atoms with Crippen molar-refractivity contribution in [2.24, 2.45) is 0 Å². The van der Waals surface area contributed by atoms with E-state index in [4.69, 9.17) is 14.2 Å². The molecule has 0 bridgehead atoms. The third-order valence-corrected chi connectivity index (χ3v) is 6.27. The summed E-state index contributed by atoms with van der Waals surface area (Å²) in [5, 5.41) is 2.74. The summed E-state index contributed by atoms with van der Waals surface area (Å²) < 4.78 is 42.8. The maximum atomic E-state index is 12.9. The molecule has 1 aliphatic rings. The van der Waals surface area contributed by atoms with Gasteiger partial charge in [-0.1, -0.05) is 12.1 Å². The molecule has 1 aliphatic heterocycles. The first kappa shape index (κ1) is 20.1. The molecule has 0 aliphatic carbocycles. The van der Waals surface area contributed by atoms with E-state index >= 15 is 0 Å². The van der Waals surface area contributed by atoms with Crippen LogP contribution in [-0.4, -0.2) is 59.2 Å². The molecule has 1 saturated heterocycles. The summed E-state index contributed by atoms with van der Waals surface area (Å²) >= 11 is 0. The zero-order valence-electron chi connectivity index (χ0n) is 15.7.